The van der Waals surface area contributed by atoms with Gasteiger partial charge in [0.05, 0.1) is 36.6 Å². The van der Waals surface area contributed by atoms with Crippen LogP contribution in [-0.4, -0.2) is 51.8 Å². The van der Waals surface area contributed by atoms with Gasteiger partial charge >= 0.3 is 0 Å². The summed E-state index contributed by atoms with van der Waals surface area (Å²) < 4.78 is 10.8. The molecular weight excluding hydrogens is 410 g/mol. The van der Waals surface area contributed by atoms with Crippen molar-refractivity contribution >= 4 is 34.7 Å². The molecule has 0 bridgehead atoms. The summed E-state index contributed by atoms with van der Waals surface area (Å²) in [4.78, 5) is 18.1. The summed E-state index contributed by atoms with van der Waals surface area (Å²) in [5.41, 5.74) is 1.84. The Labute approximate surface area is 175 Å². The van der Waals surface area contributed by atoms with Gasteiger partial charge in [-0.05, 0) is 29.1 Å². The number of hydrazone groups is 1. The smallest absolute Gasteiger partial charge is 0.253 e. The number of thiophene rings is 1. The van der Waals surface area contributed by atoms with Gasteiger partial charge in [0.15, 0.2) is 16.7 Å². The Bertz CT molecular complexity index is 1010. The molecule has 3 heterocycles. The number of methoxy groups -OCH3 is 2. The van der Waals surface area contributed by atoms with Crippen molar-refractivity contribution in [2.24, 2.45) is 5.10 Å². The second-order valence-electron chi connectivity index (χ2n) is 6.18. The zero-order chi connectivity index (χ0) is 20.2. The summed E-state index contributed by atoms with van der Waals surface area (Å²) in [6, 6.07) is 9.49. The van der Waals surface area contributed by atoms with Gasteiger partial charge < -0.3 is 9.47 Å². The minimum Gasteiger partial charge on any atom is -0.493 e. The summed E-state index contributed by atoms with van der Waals surface area (Å²) in [6.07, 6.45) is 2.05. The Balaban J connectivity index is 1.61. The van der Waals surface area contributed by atoms with Gasteiger partial charge in [-0.2, -0.15) is 10.2 Å². The Morgan fingerprint density at radius 3 is 2.86 bits per heavy atom. The maximum absolute atomic E-state index is 13.0. The zero-order valence-corrected chi connectivity index (χ0v) is 17.5. The van der Waals surface area contributed by atoms with E-state index in [2.05, 4.69) is 20.3 Å². The number of hydrogen-bond acceptors (Lipinski definition) is 8. The van der Waals surface area contributed by atoms with E-state index in [-0.39, 0.29) is 17.7 Å². The first-order valence-corrected chi connectivity index (χ1v) is 10.7. The summed E-state index contributed by atoms with van der Waals surface area (Å²) in [6.45, 7) is 0. The summed E-state index contributed by atoms with van der Waals surface area (Å²) in [7, 11) is 3.20. The number of rotatable bonds is 7. The number of hydrogen-bond donors (Lipinski definition) is 1. The van der Waals surface area contributed by atoms with E-state index < -0.39 is 0 Å². The van der Waals surface area contributed by atoms with Crippen LogP contribution in [-0.2, 0) is 4.79 Å². The van der Waals surface area contributed by atoms with E-state index in [0.717, 1.165) is 16.2 Å². The average molecular weight is 430 g/mol. The first-order valence-electron chi connectivity index (χ1n) is 8.83. The Hall–Kier alpha value is -2.85. The standard InChI is InChI=1S/C19H19N5O3S2/c1-26-15-6-5-12(8-16(15)27-2)14-9-13(17-4-3-7-28-17)23-24(14)18(25)10-29-19-20-11-21-22-19/h3-8,11,14H,9-10H2,1-2H3,(H,20,21,22)/t14-/m0/s1. The number of carbonyl (C=O) groups excluding carboxylic acids is 1. The molecule has 1 aliphatic rings. The quantitative estimate of drug-likeness (QED) is 0.579. The molecule has 4 rings (SSSR count). The number of ether oxygens (including phenoxy) is 2. The number of aromatic nitrogens is 3. The lowest BCUT2D eigenvalue weighted by molar-refractivity contribution is -0.130. The van der Waals surface area contributed by atoms with Crippen molar-refractivity contribution < 1.29 is 14.3 Å². The lowest BCUT2D eigenvalue weighted by Crippen LogP contribution is -2.28. The molecule has 3 aromatic rings. The molecule has 0 spiro atoms. The highest BCUT2D eigenvalue weighted by molar-refractivity contribution is 7.99. The molecule has 0 unspecified atom stereocenters. The number of amides is 1. The molecule has 0 radical (unpaired) electrons. The number of aromatic amines is 1. The Morgan fingerprint density at radius 2 is 2.17 bits per heavy atom. The van der Waals surface area contributed by atoms with Gasteiger partial charge in [0.2, 0.25) is 0 Å². The van der Waals surface area contributed by atoms with Gasteiger partial charge in [0, 0.05) is 6.42 Å². The summed E-state index contributed by atoms with van der Waals surface area (Å²) in [5.74, 6) is 1.38. The van der Waals surface area contributed by atoms with Gasteiger partial charge in [0.25, 0.3) is 5.91 Å². The van der Waals surface area contributed by atoms with Crippen LogP contribution < -0.4 is 9.47 Å². The van der Waals surface area contributed by atoms with Gasteiger partial charge in [-0.15, -0.1) is 11.3 Å². The third-order valence-electron chi connectivity index (χ3n) is 4.49. The second-order valence-corrected chi connectivity index (χ2v) is 8.09. The lowest BCUT2D eigenvalue weighted by Gasteiger charge is -2.22. The molecule has 0 saturated heterocycles. The van der Waals surface area contributed by atoms with Crippen molar-refractivity contribution in [2.75, 3.05) is 20.0 Å². The van der Waals surface area contributed by atoms with Crippen molar-refractivity contribution in [3.8, 4) is 11.5 Å². The summed E-state index contributed by atoms with van der Waals surface area (Å²) in [5, 5.41) is 15.4. The fourth-order valence-electron chi connectivity index (χ4n) is 3.11. The SMILES string of the molecule is COc1ccc([C@@H]2CC(c3cccs3)=NN2C(=O)CSc2ncn[nH]2)cc1OC. The normalized spacial score (nSPS) is 16.0. The fraction of sp³-hybridized carbons (Fsp3) is 0.263. The number of carbonyl (C=O) groups is 1. The number of nitrogens with one attached hydrogen (secondary N) is 1. The van der Waals surface area contributed by atoms with Crippen LogP contribution >= 0.6 is 23.1 Å². The fourth-order valence-corrected chi connectivity index (χ4v) is 4.46. The molecule has 0 saturated carbocycles. The Morgan fingerprint density at radius 1 is 1.31 bits per heavy atom. The molecule has 1 amide bonds. The second kappa shape index (κ2) is 8.66. The van der Waals surface area contributed by atoms with Crippen LogP contribution in [0.25, 0.3) is 0 Å². The van der Waals surface area contributed by atoms with E-state index in [1.807, 2.05) is 35.7 Å². The van der Waals surface area contributed by atoms with Crippen LogP contribution in [0.1, 0.15) is 22.9 Å². The average Bonchev–Trinajstić information content (AvgIpc) is 3.52. The molecule has 150 valence electrons. The van der Waals surface area contributed by atoms with Gasteiger partial charge in [-0.25, -0.2) is 9.99 Å². The third-order valence-corrected chi connectivity index (χ3v) is 6.27. The highest BCUT2D eigenvalue weighted by Gasteiger charge is 2.34. The van der Waals surface area contributed by atoms with Crippen molar-refractivity contribution in [3.05, 3.63) is 52.5 Å². The minimum absolute atomic E-state index is 0.0993. The molecule has 1 aromatic carbocycles. The molecule has 0 aliphatic carbocycles. The molecule has 1 atom stereocenters. The minimum atomic E-state index is -0.213. The van der Waals surface area contributed by atoms with Crippen LogP contribution in [0, 0.1) is 0 Å². The first-order chi connectivity index (χ1) is 14.2. The molecule has 8 nitrogen and oxygen atoms in total. The highest BCUT2D eigenvalue weighted by Crippen LogP contribution is 2.38. The molecule has 10 heteroatoms. The van der Waals surface area contributed by atoms with E-state index in [4.69, 9.17) is 9.47 Å². The zero-order valence-electron chi connectivity index (χ0n) is 15.9. The van der Waals surface area contributed by atoms with Crippen LogP contribution in [0.2, 0.25) is 0 Å². The number of thioether (sulfide) groups is 1. The molecule has 29 heavy (non-hydrogen) atoms. The van der Waals surface area contributed by atoms with Crippen molar-refractivity contribution in [1.29, 1.82) is 0 Å². The van der Waals surface area contributed by atoms with E-state index in [9.17, 15) is 4.79 Å². The number of benzene rings is 1. The topological polar surface area (TPSA) is 92.7 Å². The van der Waals surface area contributed by atoms with Crippen molar-refractivity contribution in [3.63, 3.8) is 0 Å². The predicted octanol–water partition coefficient (Wildman–Crippen LogP) is 3.35. The number of H-pyrrole nitrogens is 1. The van der Waals surface area contributed by atoms with Crippen LogP contribution in [0.15, 0.2) is 52.3 Å². The molecule has 2 aromatic heterocycles. The van der Waals surface area contributed by atoms with E-state index >= 15 is 0 Å². The monoisotopic (exact) mass is 429 g/mol. The van der Waals surface area contributed by atoms with Crippen molar-refractivity contribution in [2.45, 2.75) is 17.6 Å². The lowest BCUT2D eigenvalue weighted by atomic mass is 10.0. The van der Waals surface area contributed by atoms with Crippen molar-refractivity contribution in [1.82, 2.24) is 20.2 Å². The summed E-state index contributed by atoms with van der Waals surface area (Å²) >= 11 is 2.91. The van der Waals surface area contributed by atoms with E-state index in [1.165, 1.54) is 18.1 Å². The van der Waals surface area contributed by atoms with Gasteiger partial charge in [0.1, 0.15) is 6.33 Å². The van der Waals surface area contributed by atoms with Crippen LogP contribution in [0.5, 0.6) is 11.5 Å². The third kappa shape index (κ3) is 4.13. The van der Waals surface area contributed by atoms with Gasteiger partial charge in [-0.3, -0.25) is 9.89 Å². The maximum atomic E-state index is 13.0. The van der Waals surface area contributed by atoms with E-state index in [1.54, 1.807) is 30.6 Å². The molecular formula is C19H19N5O3S2. The van der Waals surface area contributed by atoms with Crippen LogP contribution in [0.4, 0.5) is 0 Å². The largest absolute Gasteiger partial charge is 0.493 e. The van der Waals surface area contributed by atoms with E-state index in [0.29, 0.717) is 23.1 Å². The van der Waals surface area contributed by atoms with Crippen LogP contribution in [0.3, 0.4) is 0 Å². The molecule has 1 aliphatic heterocycles. The predicted molar refractivity (Wildman–Crippen MR) is 112 cm³/mol. The highest BCUT2D eigenvalue weighted by atomic mass is 32.2. The first kappa shape index (κ1) is 19.5. The molecule has 0 fully saturated rings. The number of nitrogens with zero attached hydrogens (tertiary/aromatic N) is 4. The Kier molecular flexibility index (Phi) is 5.81. The maximum Gasteiger partial charge on any atom is 0.253 e. The molecule has 1 N–H and O–H groups in total. The van der Waals surface area contributed by atoms with Gasteiger partial charge in [-0.1, -0.05) is 23.9 Å².